The van der Waals surface area contributed by atoms with Gasteiger partial charge in [-0.15, -0.1) is 12.4 Å². The molecule has 7 heteroatoms. The van der Waals surface area contributed by atoms with E-state index in [1.54, 1.807) is 13.0 Å². The maximum atomic E-state index is 13.7. The van der Waals surface area contributed by atoms with Crippen molar-refractivity contribution in [3.63, 3.8) is 0 Å². The van der Waals surface area contributed by atoms with Crippen LogP contribution in [0.2, 0.25) is 0 Å². The summed E-state index contributed by atoms with van der Waals surface area (Å²) in [5.74, 6) is -0.699. The molecule has 1 aliphatic rings. The van der Waals surface area contributed by atoms with Crippen molar-refractivity contribution in [2.75, 3.05) is 13.1 Å². The van der Waals surface area contributed by atoms with Crippen LogP contribution in [0.3, 0.4) is 0 Å². The van der Waals surface area contributed by atoms with Crippen molar-refractivity contribution in [3.05, 3.63) is 29.6 Å². The van der Waals surface area contributed by atoms with Crippen LogP contribution in [-0.4, -0.2) is 31.9 Å². The van der Waals surface area contributed by atoms with Crippen molar-refractivity contribution < 1.29 is 12.8 Å². The van der Waals surface area contributed by atoms with Crippen molar-refractivity contribution >= 4 is 22.4 Å². The highest BCUT2D eigenvalue weighted by Crippen LogP contribution is 2.23. The summed E-state index contributed by atoms with van der Waals surface area (Å²) in [6.45, 7) is 2.46. The van der Waals surface area contributed by atoms with Crippen molar-refractivity contribution in [2.45, 2.75) is 30.7 Å². The van der Waals surface area contributed by atoms with E-state index >= 15 is 0 Å². The van der Waals surface area contributed by atoms with Gasteiger partial charge in [-0.1, -0.05) is 6.07 Å². The molecule has 0 aliphatic carbocycles. The second-order valence-electron chi connectivity index (χ2n) is 4.68. The molecule has 0 aromatic heterocycles. The van der Waals surface area contributed by atoms with Crippen molar-refractivity contribution in [3.8, 4) is 0 Å². The Hall–Kier alpha value is -0.690. The summed E-state index contributed by atoms with van der Waals surface area (Å²) in [7, 11) is -3.74. The van der Waals surface area contributed by atoms with Crippen LogP contribution < -0.4 is 5.73 Å². The summed E-state index contributed by atoms with van der Waals surface area (Å²) < 4.78 is 39.6. The number of piperidine rings is 1. The molecule has 1 heterocycles. The van der Waals surface area contributed by atoms with Gasteiger partial charge in [0.05, 0.1) is 0 Å². The summed E-state index contributed by atoms with van der Waals surface area (Å²) in [5, 5.41) is 0. The summed E-state index contributed by atoms with van der Waals surface area (Å²) in [6.07, 6.45) is 1.24. The number of sulfonamides is 1. The molecular weight excluding hydrogens is 291 g/mol. The smallest absolute Gasteiger partial charge is 0.245 e. The van der Waals surface area contributed by atoms with Gasteiger partial charge in [0.25, 0.3) is 0 Å². The lowest BCUT2D eigenvalue weighted by Crippen LogP contribution is -2.43. The van der Waals surface area contributed by atoms with Crippen LogP contribution in [0.1, 0.15) is 18.4 Å². The zero-order valence-electron chi connectivity index (χ0n) is 10.7. The first kappa shape index (κ1) is 16.4. The predicted octanol–water partition coefficient (Wildman–Crippen LogP) is 1.67. The molecule has 0 unspecified atom stereocenters. The van der Waals surface area contributed by atoms with E-state index in [4.69, 9.17) is 5.73 Å². The topological polar surface area (TPSA) is 63.4 Å². The van der Waals surface area contributed by atoms with Gasteiger partial charge in [0.2, 0.25) is 10.0 Å². The van der Waals surface area contributed by atoms with Crippen LogP contribution in [0.5, 0.6) is 0 Å². The van der Waals surface area contributed by atoms with Gasteiger partial charge in [-0.2, -0.15) is 4.31 Å². The van der Waals surface area contributed by atoms with Gasteiger partial charge in [-0.25, -0.2) is 12.8 Å². The quantitative estimate of drug-likeness (QED) is 0.904. The van der Waals surface area contributed by atoms with Gasteiger partial charge in [-0.05, 0) is 37.5 Å². The normalized spacial score (nSPS) is 18.1. The first-order valence-electron chi connectivity index (χ1n) is 5.93. The Morgan fingerprint density at radius 2 is 1.89 bits per heavy atom. The Morgan fingerprint density at radius 3 is 2.47 bits per heavy atom. The molecule has 2 N–H and O–H groups in total. The van der Waals surface area contributed by atoms with Crippen LogP contribution in [0.4, 0.5) is 4.39 Å². The highest BCUT2D eigenvalue weighted by atomic mass is 35.5. The third-order valence-corrected chi connectivity index (χ3v) is 5.12. The second kappa shape index (κ2) is 6.17. The monoisotopic (exact) mass is 308 g/mol. The molecular formula is C12H18ClFN2O2S. The fraction of sp³-hybridized carbons (Fsp3) is 0.500. The van der Waals surface area contributed by atoms with E-state index < -0.39 is 15.8 Å². The van der Waals surface area contributed by atoms with Gasteiger partial charge in [0, 0.05) is 19.1 Å². The van der Waals surface area contributed by atoms with E-state index in [1.807, 2.05) is 0 Å². The number of halogens is 2. The molecule has 0 atom stereocenters. The van der Waals surface area contributed by atoms with Crippen LogP contribution >= 0.6 is 12.4 Å². The molecule has 0 spiro atoms. The minimum atomic E-state index is -3.74. The molecule has 0 bridgehead atoms. The Morgan fingerprint density at radius 1 is 1.32 bits per heavy atom. The SMILES string of the molecule is Cc1ccc(F)c(S(=O)(=O)N2CCC(N)CC2)c1.Cl. The number of nitrogens with two attached hydrogens (primary N) is 1. The van der Waals surface area contributed by atoms with Crippen LogP contribution in [0, 0.1) is 12.7 Å². The number of rotatable bonds is 2. The van der Waals surface area contributed by atoms with E-state index in [-0.39, 0.29) is 23.3 Å². The van der Waals surface area contributed by atoms with Gasteiger partial charge >= 0.3 is 0 Å². The van der Waals surface area contributed by atoms with E-state index in [2.05, 4.69) is 0 Å². The Bertz CT molecular complexity index is 543. The highest BCUT2D eigenvalue weighted by Gasteiger charge is 2.30. The van der Waals surface area contributed by atoms with E-state index in [9.17, 15) is 12.8 Å². The summed E-state index contributed by atoms with van der Waals surface area (Å²) in [4.78, 5) is -0.238. The molecule has 19 heavy (non-hydrogen) atoms. The van der Waals surface area contributed by atoms with Crippen molar-refractivity contribution in [2.24, 2.45) is 5.73 Å². The first-order chi connectivity index (χ1) is 8.41. The fourth-order valence-electron chi connectivity index (χ4n) is 2.06. The van der Waals surface area contributed by atoms with Crippen LogP contribution in [0.15, 0.2) is 23.1 Å². The summed E-state index contributed by atoms with van der Waals surface area (Å²) in [5.41, 5.74) is 6.46. The van der Waals surface area contributed by atoms with Crippen molar-refractivity contribution in [1.82, 2.24) is 4.31 Å². The standard InChI is InChI=1S/C12H17FN2O2S.ClH/c1-9-2-3-11(13)12(8-9)18(16,17)15-6-4-10(14)5-7-15;/h2-3,8,10H,4-7,14H2,1H3;1H. The lowest BCUT2D eigenvalue weighted by atomic mass is 10.1. The molecule has 1 saturated heterocycles. The number of nitrogens with zero attached hydrogens (tertiary/aromatic N) is 1. The van der Waals surface area contributed by atoms with Gasteiger partial charge < -0.3 is 5.73 Å². The zero-order chi connectivity index (χ0) is 13.3. The molecule has 1 aromatic carbocycles. The molecule has 0 radical (unpaired) electrons. The lowest BCUT2D eigenvalue weighted by Gasteiger charge is -2.29. The van der Waals surface area contributed by atoms with Gasteiger partial charge in [-0.3, -0.25) is 0 Å². The van der Waals surface area contributed by atoms with E-state index in [1.165, 1.54) is 16.4 Å². The summed E-state index contributed by atoms with van der Waals surface area (Å²) in [6, 6.07) is 4.16. The fourth-order valence-corrected chi connectivity index (χ4v) is 3.68. The number of aryl methyl sites for hydroxylation is 1. The average Bonchev–Trinajstić information content (AvgIpc) is 2.32. The first-order valence-corrected chi connectivity index (χ1v) is 7.37. The van der Waals surface area contributed by atoms with Gasteiger partial charge in [0.15, 0.2) is 0 Å². The Kier molecular flexibility index (Phi) is 5.32. The number of hydrogen-bond donors (Lipinski definition) is 1. The van der Waals surface area contributed by atoms with Crippen molar-refractivity contribution in [1.29, 1.82) is 0 Å². The third kappa shape index (κ3) is 3.45. The minimum Gasteiger partial charge on any atom is -0.328 e. The third-order valence-electron chi connectivity index (χ3n) is 3.20. The minimum absolute atomic E-state index is 0. The summed E-state index contributed by atoms with van der Waals surface area (Å²) >= 11 is 0. The molecule has 108 valence electrons. The Balaban J connectivity index is 0.00000180. The maximum Gasteiger partial charge on any atom is 0.245 e. The zero-order valence-corrected chi connectivity index (χ0v) is 12.3. The largest absolute Gasteiger partial charge is 0.328 e. The average molecular weight is 309 g/mol. The molecule has 1 fully saturated rings. The predicted molar refractivity (Wildman–Crippen MR) is 74.4 cm³/mol. The number of benzene rings is 1. The highest BCUT2D eigenvalue weighted by molar-refractivity contribution is 7.89. The van der Waals surface area contributed by atoms with E-state index in [0.717, 1.165) is 5.56 Å². The molecule has 2 rings (SSSR count). The van der Waals surface area contributed by atoms with Crippen LogP contribution in [-0.2, 0) is 10.0 Å². The lowest BCUT2D eigenvalue weighted by molar-refractivity contribution is 0.319. The van der Waals surface area contributed by atoms with Crippen LogP contribution in [0.25, 0.3) is 0 Å². The molecule has 1 aromatic rings. The molecule has 1 aliphatic heterocycles. The molecule has 0 amide bonds. The molecule has 0 saturated carbocycles. The second-order valence-corrected chi connectivity index (χ2v) is 6.58. The Labute approximate surface area is 119 Å². The molecule has 4 nitrogen and oxygen atoms in total. The maximum absolute atomic E-state index is 13.7. The number of hydrogen-bond acceptors (Lipinski definition) is 3. The van der Waals surface area contributed by atoms with E-state index in [0.29, 0.717) is 25.9 Å². The van der Waals surface area contributed by atoms with Gasteiger partial charge in [0.1, 0.15) is 10.7 Å².